The van der Waals surface area contributed by atoms with Crippen molar-refractivity contribution in [3.63, 3.8) is 0 Å². The molecule has 2 aliphatic carbocycles. The minimum Gasteiger partial charge on any atom is -0.481 e. The maximum absolute atomic E-state index is 12.3. The number of aliphatic hydroxyl groups is 1. The molecule has 114 valence electrons. The second-order valence-electron chi connectivity index (χ2n) is 6.49. The number of amides is 1. The summed E-state index contributed by atoms with van der Waals surface area (Å²) in [4.78, 5) is 23.5. The largest absolute Gasteiger partial charge is 0.481 e. The van der Waals surface area contributed by atoms with Crippen molar-refractivity contribution in [1.82, 2.24) is 5.32 Å². The van der Waals surface area contributed by atoms with Crippen LogP contribution in [0, 0.1) is 23.2 Å². The minimum atomic E-state index is -0.849. The number of carboxylic acid groups (broad SMARTS) is 1. The Labute approximate surface area is 119 Å². The summed E-state index contributed by atoms with van der Waals surface area (Å²) < 4.78 is 0. The van der Waals surface area contributed by atoms with Gasteiger partial charge in [-0.1, -0.05) is 13.3 Å². The fourth-order valence-corrected chi connectivity index (χ4v) is 3.37. The summed E-state index contributed by atoms with van der Waals surface area (Å²) in [5, 5.41) is 21.2. The van der Waals surface area contributed by atoms with Crippen LogP contribution in [0.1, 0.15) is 45.4 Å². The predicted octanol–water partition coefficient (Wildman–Crippen LogP) is 1.40. The molecule has 0 aromatic carbocycles. The van der Waals surface area contributed by atoms with Crippen LogP contribution in [0.15, 0.2) is 0 Å². The van der Waals surface area contributed by atoms with Crippen LogP contribution in [0.3, 0.4) is 0 Å². The number of carboxylic acids is 1. The molecule has 2 fully saturated rings. The fraction of sp³-hybridized carbons (Fsp3) is 0.867. The van der Waals surface area contributed by atoms with E-state index in [4.69, 9.17) is 5.11 Å². The molecule has 3 atom stereocenters. The molecule has 5 nitrogen and oxygen atoms in total. The van der Waals surface area contributed by atoms with Crippen LogP contribution in [0.5, 0.6) is 0 Å². The zero-order valence-electron chi connectivity index (χ0n) is 12.1. The molecule has 2 aliphatic rings. The molecule has 1 amide bonds. The first-order valence-electron chi connectivity index (χ1n) is 7.62. The van der Waals surface area contributed by atoms with Gasteiger partial charge in [0.15, 0.2) is 0 Å². The lowest BCUT2D eigenvalue weighted by Crippen LogP contribution is -2.38. The molecule has 0 radical (unpaired) electrons. The average Bonchev–Trinajstić information content (AvgIpc) is 3.04. The van der Waals surface area contributed by atoms with E-state index in [1.54, 1.807) is 0 Å². The van der Waals surface area contributed by atoms with E-state index in [1.165, 1.54) is 0 Å². The monoisotopic (exact) mass is 283 g/mol. The van der Waals surface area contributed by atoms with E-state index in [-0.39, 0.29) is 23.8 Å². The summed E-state index contributed by atoms with van der Waals surface area (Å²) in [6.45, 7) is 2.77. The summed E-state index contributed by atoms with van der Waals surface area (Å²) in [6, 6.07) is 0. The van der Waals surface area contributed by atoms with Gasteiger partial charge in [0.25, 0.3) is 0 Å². The molecule has 2 rings (SSSR count). The van der Waals surface area contributed by atoms with Crippen LogP contribution >= 0.6 is 0 Å². The van der Waals surface area contributed by atoms with Gasteiger partial charge in [-0.3, -0.25) is 9.59 Å². The van der Waals surface area contributed by atoms with E-state index in [0.29, 0.717) is 25.3 Å². The lowest BCUT2D eigenvalue weighted by molar-refractivity contribution is -0.146. The highest BCUT2D eigenvalue weighted by atomic mass is 16.4. The van der Waals surface area contributed by atoms with Crippen molar-refractivity contribution in [1.29, 1.82) is 0 Å². The van der Waals surface area contributed by atoms with Crippen molar-refractivity contribution in [3.05, 3.63) is 0 Å². The smallest absolute Gasteiger partial charge is 0.307 e. The highest BCUT2D eigenvalue weighted by molar-refractivity contribution is 5.85. The Morgan fingerprint density at radius 2 is 1.90 bits per heavy atom. The van der Waals surface area contributed by atoms with Gasteiger partial charge in [-0.05, 0) is 43.4 Å². The Morgan fingerprint density at radius 3 is 2.40 bits per heavy atom. The minimum absolute atomic E-state index is 0.0753. The maximum atomic E-state index is 12.3. The molecule has 0 saturated heterocycles. The number of nitrogens with one attached hydrogen (secondary N) is 1. The summed E-state index contributed by atoms with van der Waals surface area (Å²) in [6.07, 6.45) is 5.04. The first-order chi connectivity index (χ1) is 9.51. The third-order valence-electron chi connectivity index (χ3n) is 5.13. The van der Waals surface area contributed by atoms with Crippen LogP contribution in [-0.4, -0.2) is 35.2 Å². The van der Waals surface area contributed by atoms with E-state index in [1.807, 2.05) is 6.92 Å². The van der Waals surface area contributed by atoms with Crippen LogP contribution in [0.2, 0.25) is 0 Å². The third-order valence-corrected chi connectivity index (χ3v) is 5.13. The summed E-state index contributed by atoms with van der Waals surface area (Å²) in [5.74, 6) is -1.54. The van der Waals surface area contributed by atoms with Crippen molar-refractivity contribution >= 4 is 11.9 Å². The number of rotatable bonds is 7. The van der Waals surface area contributed by atoms with Crippen molar-refractivity contribution in [2.45, 2.75) is 45.4 Å². The van der Waals surface area contributed by atoms with Crippen molar-refractivity contribution in [3.8, 4) is 0 Å². The number of carbonyl (C=O) groups is 2. The zero-order chi connectivity index (χ0) is 14.8. The summed E-state index contributed by atoms with van der Waals surface area (Å²) >= 11 is 0. The van der Waals surface area contributed by atoms with Gasteiger partial charge < -0.3 is 15.5 Å². The second kappa shape index (κ2) is 6.12. The molecule has 0 heterocycles. The third kappa shape index (κ3) is 3.32. The number of hydrogen-bond acceptors (Lipinski definition) is 3. The molecular weight excluding hydrogens is 258 g/mol. The molecule has 0 bridgehead atoms. The Hall–Kier alpha value is -1.10. The molecule has 3 N–H and O–H groups in total. The maximum Gasteiger partial charge on any atom is 0.307 e. The molecule has 5 heteroatoms. The van der Waals surface area contributed by atoms with E-state index in [0.717, 1.165) is 25.7 Å². The second-order valence-corrected chi connectivity index (χ2v) is 6.49. The van der Waals surface area contributed by atoms with Crippen LogP contribution < -0.4 is 5.32 Å². The Morgan fingerprint density at radius 1 is 1.25 bits per heavy atom. The standard InChI is InChI=1S/C15H25NO4/c1-2-10-7-11(12(8-10)14(19)20)13(18)16-9-15(3-4-15)5-6-17/h10-12,17H,2-9H2,1H3,(H,16,18)(H,19,20)/t10?,11-,12+/m0/s1. The van der Waals surface area contributed by atoms with E-state index < -0.39 is 11.9 Å². The molecular formula is C15H25NO4. The summed E-state index contributed by atoms with van der Waals surface area (Å²) in [5.41, 5.74) is 0.0753. The molecule has 1 unspecified atom stereocenters. The molecule has 0 spiro atoms. The Balaban J connectivity index is 1.89. The number of hydrogen-bond donors (Lipinski definition) is 3. The lowest BCUT2D eigenvalue weighted by atomic mass is 9.94. The Kier molecular flexibility index (Phi) is 4.68. The van der Waals surface area contributed by atoms with E-state index in [2.05, 4.69) is 5.32 Å². The summed E-state index contributed by atoms with van der Waals surface area (Å²) in [7, 11) is 0. The van der Waals surface area contributed by atoms with Crippen molar-refractivity contribution in [2.24, 2.45) is 23.2 Å². The fourth-order valence-electron chi connectivity index (χ4n) is 3.37. The van der Waals surface area contributed by atoms with E-state index >= 15 is 0 Å². The first-order valence-corrected chi connectivity index (χ1v) is 7.62. The molecule has 0 aromatic heterocycles. The van der Waals surface area contributed by atoms with Gasteiger partial charge in [0, 0.05) is 13.2 Å². The van der Waals surface area contributed by atoms with Crippen LogP contribution in [0.4, 0.5) is 0 Å². The van der Waals surface area contributed by atoms with Gasteiger partial charge in [-0.15, -0.1) is 0 Å². The van der Waals surface area contributed by atoms with Gasteiger partial charge in [0.1, 0.15) is 0 Å². The van der Waals surface area contributed by atoms with E-state index in [9.17, 15) is 14.7 Å². The molecule has 20 heavy (non-hydrogen) atoms. The van der Waals surface area contributed by atoms with Gasteiger partial charge in [-0.25, -0.2) is 0 Å². The highest BCUT2D eigenvalue weighted by Gasteiger charge is 2.45. The first kappa shape index (κ1) is 15.3. The lowest BCUT2D eigenvalue weighted by Gasteiger charge is -2.19. The highest BCUT2D eigenvalue weighted by Crippen LogP contribution is 2.48. The van der Waals surface area contributed by atoms with Crippen molar-refractivity contribution in [2.75, 3.05) is 13.2 Å². The number of aliphatic carboxylic acids is 1. The van der Waals surface area contributed by atoms with Gasteiger partial charge in [0.2, 0.25) is 5.91 Å². The zero-order valence-corrected chi connectivity index (χ0v) is 12.1. The predicted molar refractivity (Wildman–Crippen MR) is 74.0 cm³/mol. The van der Waals surface area contributed by atoms with Gasteiger partial charge in [-0.2, -0.15) is 0 Å². The Bertz CT molecular complexity index is 378. The van der Waals surface area contributed by atoms with Crippen molar-refractivity contribution < 1.29 is 19.8 Å². The van der Waals surface area contributed by atoms with Crippen LogP contribution in [0.25, 0.3) is 0 Å². The number of aliphatic hydroxyl groups excluding tert-OH is 1. The normalized spacial score (nSPS) is 31.0. The quantitative estimate of drug-likeness (QED) is 0.659. The molecule has 0 aliphatic heterocycles. The van der Waals surface area contributed by atoms with Gasteiger partial charge >= 0.3 is 5.97 Å². The van der Waals surface area contributed by atoms with Crippen LogP contribution in [-0.2, 0) is 9.59 Å². The van der Waals surface area contributed by atoms with Gasteiger partial charge in [0.05, 0.1) is 11.8 Å². The number of carbonyl (C=O) groups excluding carboxylic acids is 1. The average molecular weight is 283 g/mol. The topological polar surface area (TPSA) is 86.6 Å². The molecule has 0 aromatic rings. The SMILES string of the molecule is CCC1C[C@H](C(=O)NCC2(CCO)CC2)[C@H](C(=O)O)C1. The molecule has 2 saturated carbocycles.